The molecule has 7 heteroatoms. The molecule has 0 atom stereocenters. The normalized spacial score (nSPS) is 14.7. The van der Waals surface area contributed by atoms with Gasteiger partial charge in [-0.05, 0) is 13.0 Å². The minimum absolute atomic E-state index is 0.00950. The van der Waals surface area contributed by atoms with Crippen LogP contribution in [-0.4, -0.2) is 55.5 Å². The fourth-order valence-corrected chi connectivity index (χ4v) is 3.69. The standard InChI is InChI=1S/C21H26N4O3/c1-17-6-5-7-18(14-17)15-23-10-12-24(13-11-23)21(26)16-22(2)19-8-3-4-9-20(19)25(27)28/h3-9,14H,10-13,15-16H2,1-2H3/p+1. The van der Waals surface area contributed by atoms with Gasteiger partial charge in [-0.1, -0.05) is 42.0 Å². The van der Waals surface area contributed by atoms with E-state index in [2.05, 4.69) is 31.2 Å². The first-order valence-corrected chi connectivity index (χ1v) is 9.55. The van der Waals surface area contributed by atoms with Crippen LogP contribution in [0.1, 0.15) is 11.1 Å². The number of carbonyl (C=O) groups excluding carboxylic acids is 1. The SMILES string of the molecule is Cc1cccc(C[NH+]2CCN(C(=O)CN(C)c3ccccc3[N+](=O)[O-])CC2)c1. The Balaban J connectivity index is 1.53. The van der Waals surface area contributed by atoms with E-state index in [-0.39, 0.29) is 18.1 Å². The van der Waals surface area contributed by atoms with Gasteiger partial charge in [0.25, 0.3) is 5.69 Å². The Morgan fingerprint density at radius 3 is 2.57 bits per heavy atom. The van der Waals surface area contributed by atoms with E-state index in [9.17, 15) is 14.9 Å². The van der Waals surface area contributed by atoms with Gasteiger partial charge in [0, 0.05) is 18.7 Å². The van der Waals surface area contributed by atoms with Crippen molar-refractivity contribution in [2.45, 2.75) is 13.5 Å². The molecule has 0 unspecified atom stereocenters. The highest BCUT2D eigenvalue weighted by molar-refractivity contribution is 5.82. The van der Waals surface area contributed by atoms with Crippen LogP contribution in [0.15, 0.2) is 48.5 Å². The Morgan fingerprint density at radius 2 is 1.89 bits per heavy atom. The average molecular weight is 383 g/mol. The average Bonchev–Trinajstić information content (AvgIpc) is 2.68. The Kier molecular flexibility index (Phi) is 6.26. The summed E-state index contributed by atoms with van der Waals surface area (Å²) in [7, 11) is 1.72. The number of likely N-dealkylation sites (N-methyl/N-ethyl adjacent to an activating group) is 1. The van der Waals surface area contributed by atoms with E-state index >= 15 is 0 Å². The summed E-state index contributed by atoms with van der Waals surface area (Å²) in [5.74, 6) is 0.00950. The zero-order valence-electron chi connectivity index (χ0n) is 16.4. The van der Waals surface area contributed by atoms with E-state index in [0.717, 1.165) is 19.6 Å². The summed E-state index contributed by atoms with van der Waals surface area (Å²) in [5.41, 5.74) is 3.07. The van der Waals surface area contributed by atoms with Gasteiger partial charge in [0.2, 0.25) is 5.91 Å². The van der Waals surface area contributed by atoms with Crippen LogP contribution in [0, 0.1) is 17.0 Å². The molecule has 2 aromatic rings. The summed E-state index contributed by atoms with van der Waals surface area (Å²) in [6.45, 7) is 6.46. The monoisotopic (exact) mass is 383 g/mol. The summed E-state index contributed by atoms with van der Waals surface area (Å²) in [4.78, 5) is 28.5. The lowest BCUT2D eigenvalue weighted by Crippen LogP contribution is -3.13. The number of piperazine rings is 1. The molecular weight excluding hydrogens is 356 g/mol. The zero-order valence-corrected chi connectivity index (χ0v) is 16.4. The number of aryl methyl sites for hydroxylation is 1. The third-order valence-electron chi connectivity index (χ3n) is 5.22. The molecule has 1 aliphatic rings. The van der Waals surface area contributed by atoms with E-state index in [1.54, 1.807) is 30.1 Å². The topological polar surface area (TPSA) is 71.1 Å². The number of amides is 1. The number of hydrogen-bond acceptors (Lipinski definition) is 4. The predicted octanol–water partition coefficient (Wildman–Crippen LogP) is 1.27. The van der Waals surface area contributed by atoms with Crippen LogP contribution in [0.4, 0.5) is 11.4 Å². The van der Waals surface area contributed by atoms with Gasteiger partial charge in [0.1, 0.15) is 12.2 Å². The second kappa shape index (κ2) is 8.84. The van der Waals surface area contributed by atoms with Crippen LogP contribution in [0.2, 0.25) is 0 Å². The molecule has 0 spiro atoms. The zero-order chi connectivity index (χ0) is 20.1. The van der Waals surface area contributed by atoms with Crippen LogP contribution in [0.25, 0.3) is 0 Å². The van der Waals surface area contributed by atoms with Crippen molar-refractivity contribution in [3.05, 3.63) is 69.8 Å². The minimum atomic E-state index is -0.413. The van der Waals surface area contributed by atoms with E-state index in [4.69, 9.17) is 0 Å². The molecule has 148 valence electrons. The molecule has 1 heterocycles. The number of para-hydroxylation sites is 2. The molecule has 1 saturated heterocycles. The summed E-state index contributed by atoms with van der Waals surface area (Å²) in [5, 5.41) is 11.2. The number of anilines is 1. The van der Waals surface area contributed by atoms with Gasteiger partial charge in [-0.2, -0.15) is 0 Å². The quantitative estimate of drug-likeness (QED) is 0.602. The van der Waals surface area contributed by atoms with E-state index in [1.165, 1.54) is 22.1 Å². The highest BCUT2D eigenvalue weighted by atomic mass is 16.6. The summed E-state index contributed by atoms with van der Waals surface area (Å²) < 4.78 is 0. The number of hydrogen-bond donors (Lipinski definition) is 1. The minimum Gasteiger partial charge on any atom is -0.360 e. The number of nitro groups is 1. The van der Waals surface area contributed by atoms with Gasteiger partial charge in [-0.15, -0.1) is 0 Å². The van der Waals surface area contributed by atoms with Crippen LogP contribution in [0.5, 0.6) is 0 Å². The lowest BCUT2D eigenvalue weighted by Gasteiger charge is -2.33. The van der Waals surface area contributed by atoms with Crippen LogP contribution >= 0.6 is 0 Å². The number of rotatable bonds is 6. The van der Waals surface area contributed by atoms with Crippen LogP contribution in [0.3, 0.4) is 0 Å². The number of nitrogens with zero attached hydrogens (tertiary/aromatic N) is 3. The molecule has 0 bridgehead atoms. The maximum Gasteiger partial charge on any atom is 0.292 e. The smallest absolute Gasteiger partial charge is 0.292 e. The second-order valence-corrected chi connectivity index (χ2v) is 7.40. The van der Waals surface area contributed by atoms with E-state index in [1.807, 2.05) is 4.90 Å². The largest absolute Gasteiger partial charge is 0.360 e. The first-order valence-electron chi connectivity index (χ1n) is 9.55. The Morgan fingerprint density at radius 1 is 1.18 bits per heavy atom. The molecule has 2 aromatic carbocycles. The summed E-state index contributed by atoms with van der Waals surface area (Å²) >= 11 is 0. The molecule has 3 rings (SSSR count). The van der Waals surface area contributed by atoms with Crippen molar-refractivity contribution in [3.8, 4) is 0 Å². The number of carbonyl (C=O) groups is 1. The predicted molar refractivity (Wildman–Crippen MR) is 109 cm³/mol. The van der Waals surface area contributed by atoms with Crippen molar-refractivity contribution in [1.82, 2.24) is 4.90 Å². The molecule has 1 amide bonds. The maximum atomic E-state index is 12.7. The fourth-order valence-electron chi connectivity index (χ4n) is 3.69. The highest BCUT2D eigenvalue weighted by Gasteiger charge is 2.26. The number of benzene rings is 2. The maximum absolute atomic E-state index is 12.7. The lowest BCUT2D eigenvalue weighted by molar-refractivity contribution is -0.917. The van der Waals surface area contributed by atoms with Gasteiger partial charge >= 0.3 is 0 Å². The van der Waals surface area contributed by atoms with Gasteiger partial charge in [-0.3, -0.25) is 14.9 Å². The molecule has 1 N–H and O–H groups in total. The van der Waals surface area contributed by atoms with Crippen LogP contribution < -0.4 is 9.80 Å². The van der Waals surface area contributed by atoms with Gasteiger partial charge < -0.3 is 14.7 Å². The Hall–Kier alpha value is -2.93. The second-order valence-electron chi connectivity index (χ2n) is 7.40. The van der Waals surface area contributed by atoms with Crippen molar-refractivity contribution in [3.63, 3.8) is 0 Å². The summed E-state index contributed by atoms with van der Waals surface area (Å²) in [6, 6.07) is 15.1. The first kappa shape index (κ1) is 19.8. The fraction of sp³-hybridized carbons (Fsp3) is 0.381. The van der Waals surface area contributed by atoms with Gasteiger partial charge in [-0.25, -0.2) is 0 Å². The number of quaternary nitrogens is 1. The third kappa shape index (κ3) is 4.86. The Bertz CT molecular complexity index is 847. The van der Waals surface area contributed by atoms with Crippen molar-refractivity contribution in [2.75, 3.05) is 44.7 Å². The van der Waals surface area contributed by atoms with E-state index in [0.29, 0.717) is 18.8 Å². The Labute approximate surface area is 165 Å². The molecule has 7 nitrogen and oxygen atoms in total. The molecule has 1 fully saturated rings. The molecule has 0 radical (unpaired) electrons. The molecule has 0 saturated carbocycles. The van der Waals surface area contributed by atoms with Gasteiger partial charge in [0.05, 0.1) is 37.6 Å². The van der Waals surface area contributed by atoms with Crippen molar-refractivity contribution >= 4 is 17.3 Å². The number of nitro benzene ring substituents is 1. The van der Waals surface area contributed by atoms with Crippen molar-refractivity contribution in [2.24, 2.45) is 0 Å². The molecule has 1 aliphatic heterocycles. The molecule has 28 heavy (non-hydrogen) atoms. The van der Waals surface area contributed by atoms with Crippen molar-refractivity contribution < 1.29 is 14.6 Å². The van der Waals surface area contributed by atoms with Crippen LogP contribution in [-0.2, 0) is 11.3 Å². The van der Waals surface area contributed by atoms with E-state index < -0.39 is 4.92 Å². The molecular formula is C21H27N4O3+. The number of nitrogens with one attached hydrogen (secondary N) is 1. The lowest BCUT2D eigenvalue weighted by atomic mass is 10.1. The highest BCUT2D eigenvalue weighted by Crippen LogP contribution is 2.26. The first-order chi connectivity index (χ1) is 13.4. The third-order valence-corrected chi connectivity index (χ3v) is 5.22. The molecule has 0 aromatic heterocycles. The summed E-state index contributed by atoms with van der Waals surface area (Å²) in [6.07, 6.45) is 0. The molecule has 0 aliphatic carbocycles. The van der Waals surface area contributed by atoms with Crippen molar-refractivity contribution in [1.29, 1.82) is 0 Å². The van der Waals surface area contributed by atoms with Gasteiger partial charge in [0.15, 0.2) is 0 Å².